The molecule has 0 spiro atoms. The predicted octanol–water partition coefficient (Wildman–Crippen LogP) is 1.07. The maximum Gasteiger partial charge on any atom is 0.329 e. The van der Waals surface area contributed by atoms with Gasteiger partial charge in [-0.15, -0.1) is 0 Å². The summed E-state index contributed by atoms with van der Waals surface area (Å²) in [5.74, 6) is 7.47. The zero-order valence-corrected chi connectivity index (χ0v) is 22.5. The number of nitrogens with zero attached hydrogens (tertiary/aromatic N) is 5. The van der Waals surface area contributed by atoms with E-state index in [1.165, 1.54) is 16.8 Å². The Morgan fingerprint density at radius 1 is 0.974 bits per heavy atom. The molecule has 2 saturated carbocycles. The molecule has 4 amide bonds. The van der Waals surface area contributed by atoms with Gasteiger partial charge in [0.2, 0.25) is 5.91 Å². The van der Waals surface area contributed by atoms with Crippen LogP contribution in [0.2, 0.25) is 0 Å². The molecule has 11 heteroatoms. The largest absolute Gasteiger partial charge is 0.368 e. The number of nitrogens with one attached hydrogen (secondary N) is 2. The lowest BCUT2D eigenvalue weighted by Crippen LogP contribution is -2.50. The molecule has 2 aromatic rings. The lowest BCUT2D eigenvalue weighted by Gasteiger charge is -2.37. The molecule has 2 saturated heterocycles. The van der Waals surface area contributed by atoms with E-state index in [-0.39, 0.29) is 24.4 Å². The minimum absolute atomic E-state index is 0.00829. The summed E-state index contributed by atoms with van der Waals surface area (Å²) in [5.41, 5.74) is 8.70. The van der Waals surface area contributed by atoms with Gasteiger partial charge < -0.3 is 20.0 Å². The zero-order chi connectivity index (χ0) is 27.0. The number of rotatable bonds is 5. The van der Waals surface area contributed by atoms with Crippen LogP contribution >= 0.6 is 0 Å². The molecule has 8 rings (SSSR count). The first-order valence-electron chi connectivity index (χ1n) is 14.1. The molecule has 206 valence electrons. The summed E-state index contributed by atoms with van der Waals surface area (Å²) in [4.78, 5) is 44.6. The highest BCUT2D eigenvalue weighted by Gasteiger charge is 2.81. The van der Waals surface area contributed by atoms with Gasteiger partial charge in [-0.25, -0.2) is 10.6 Å². The lowest BCUT2D eigenvalue weighted by molar-refractivity contribution is -0.132. The number of hydrogen-bond acceptors (Lipinski definition) is 6. The fourth-order valence-electron chi connectivity index (χ4n) is 7.32. The zero-order valence-electron chi connectivity index (χ0n) is 22.5. The average molecular weight is 533 g/mol. The number of anilines is 1. The number of carbonyl (C=O) groups is 3. The molecule has 0 radical (unpaired) electrons. The van der Waals surface area contributed by atoms with E-state index in [1.54, 1.807) is 0 Å². The van der Waals surface area contributed by atoms with E-state index in [9.17, 15) is 14.4 Å². The third-order valence-corrected chi connectivity index (χ3v) is 9.79. The van der Waals surface area contributed by atoms with Crippen molar-refractivity contribution in [2.45, 2.75) is 51.1 Å². The molecule has 4 N–H and O–H groups in total. The Balaban J connectivity index is 1.01. The predicted molar refractivity (Wildman–Crippen MR) is 144 cm³/mol. The van der Waals surface area contributed by atoms with E-state index < -0.39 is 6.03 Å². The Labute approximate surface area is 227 Å². The molecule has 39 heavy (non-hydrogen) atoms. The van der Waals surface area contributed by atoms with E-state index >= 15 is 0 Å². The third-order valence-electron chi connectivity index (χ3n) is 9.79. The highest BCUT2D eigenvalue weighted by molar-refractivity contribution is 5.96. The maximum atomic E-state index is 13.6. The number of aromatic nitrogens is 2. The molecule has 11 nitrogen and oxygen atoms in total. The Bertz CT molecular complexity index is 1340. The van der Waals surface area contributed by atoms with Gasteiger partial charge in [-0.05, 0) is 61.6 Å². The molecule has 4 fully saturated rings. The van der Waals surface area contributed by atoms with Gasteiger partial charge in [0.1, 0.15) is 6.54 Å². The molecule has 6 aliphatic rings. The fraction of sp³-hybridized carbons (Fsp3) is 0.571. The van der Waals surface area contributed by atoms with Crippen molar-refractivity contribution in [3.63, 3.8) is 0 Å². The van der Waals surface area contributed by atoms with Crippen LogP contribution in [0.1, 0.15) is 57.6 Å². The number of piperidine rings is 1. The van der Waals surface area contributed by atoms with Crippen molar-refractivity contribution in [3.8, 4) is 0 Å². The average Bonchev–Trinajstić information content (AvgIpc) is 3.72. The van der Waals surface area contributed by atoms with Gasteiger partial charge in [-0.2, -0.15) is 5.10 Å². The van der Waals surface area contributed by atoms with E-state index in [0.717, 1.165) is 24.3 Å². The van der Waals surface area contributed by atoms with Crippen molar-refractivity contribution in [2.75, 3.05) is 44.2 Å². The van der Waals surface area contributed by atoms with E-state index in [1.807, 2.05) is 14.5 Å². The van der Waals surface area contributed by atoms with Crippen molar-refractivity contribution in [2.24, 2.45) is 17.7 Å². The molecule has 2 aliphatic heterocycles. The van der Waals surface area contributed by atoms with Crippen molar-refractivity contribution in [1.82, 2.24) is 30.3 Å². The van der Waals surface area contributed by atoms with Crippen molar-refractivity contribution in [1.29, 1.82) is 0 Å². The third kappa shape index (κ3) is 3.89. The van der Waals surface area contributed by atoms with Gasteiger partial charge in [-0.3, -0.25) is 19.7 Å². The number of amides is 4. The number of nitrogens with two attached hydrogens (primary N) is 1. The maximum absolute atomic E-state index is 13.6. The number of benzene rings is 1. The number of carbonyl (C=O) groups excluding carboxylic acids is 3. The second-order valence-corrected chi connectivity index (χ2v) is 11.8. The number of piperazine rings is 1. The number of likely N-dealkylation sites (tertiary alicyclic amines) is 1. The van der Waals surface area contributed by atoms with Crippen LogP contribution in [0, 0.1) is 25.7 Å². The minimum Gasteiger partial charge on any atom is -0.368 e. The van der Waals surface area contributed by atoms with Crippen LogP contribution in [-0.2, 0) is 11.3 Å². The van der Waals surface area contributed by atoms with E-state index in [4.69, 9.17) is 10.9 Å². The highest BCUT2D eigenvalue weighted by Crippen LogP contribution is 2.88. The second kappa shape index (κ2) is 8.97. The molecule has 2 bridgehead atoms. The Morgan fingerprint density at radius 3 is 2.38 bits per heavy atom. The SMILES string of the molecule is Cc1cccc(N2CCN(C(=O)Cn3nc(C(=O)N4CCC(NC(=O)NN)CC4)c4c3C3C5C4[C@@H]35)CC2)c1C. The molecule has 4 atom stereocenters. The molecule has 1 aromatic carbocycles. The summed E-state index contributed by atoms with van der Waals surface area (Å²) in [6, 6.07) is 5.98. The minimum atomic E-state index is -0.407. The Hall–Kier alpha value is -3.60. The quantitative estimate of drug-likeness (QED) is 0.300. The van der Waals surface area contributed by atoms with Crippen LogP contribution in [-0.4, -0.2) is 82.7 Å². The van der Waals surface area contributed by atoms with E-state index in [0.29, 0.717) is 68.4 Å². The molecule has 1 aromatic heterocycles. The number of hydrogen-bond donors (Lipinski definition) is 3. The van der Waals surface area contributed by atoms with Crippen molar-refractivity contribution < 1.29 is 14.4 Å². The Morgan fingerprint density at radius 2 is 1.69 bits per heavy atom. The summed E-state index contributed by atoms with van der Waals surface area (Å²) in [6.45, 7) is 8.59. The first-order chi connectivity index (χ1) is 18.9. The smallest absolute Gasteiger partial charge is 0.329 e. The topological polar surface area (TPSA) is 129 Å². The summed E-state index contributed by atoms with van der Waals surface area (Å²) in [7, 11) is 0. The molecule has 4 aliphatic carbocycles. The van der Waals surface area contributed by atoms with E-state index in [2.05, 4.69) is 47.7 Å². The normalized spacial score (nSPS) is 26.7. The van der Waals surface area contributed by atoms with Crippen LogP contribution in [0.25, 0.3) is 0 Å². The summed E-state index contributed by atoms with van der Waals surface area (Å²) < 4.78 is 1.85. The Kier molecular flexibility index (Phi) is 5.62. The van der Waals surface area contributed by atoms with Crippen LogP contribution in [0.3, 0.4) is 0 Å². The second-order valence-electron chi connectivity index (χ2n) is 11.8. The van der Waals surface area contributed by atoms with Gasteiger partial charge in [0.25, 0.3) is 5.91 Å². The first-order valence-corrected chi connectivity index (χ1v) is 14.1. The lowest BCUT2D eigenvalue weighted by atomic mass is 10.0. The van der Waals surface area contributed by atoms with Crippen LogP contribution in [0.5, 0.6) is 0 Å². The highest BCUT2D eigenvalue weighted by atomic mass is 16.2. The summed E-state index contributed by atoms with van der Waals surface area (Å²) in [5, 5.41) is 7.59. The molecular formula is C28H36N8O3. The van der Waals surface area contributed by atoms with Gasteiger partial charge in [0, 0.05) is 68.2 Å². The summed E-state index contributed by atoms with van der Waals surface area (Å²) in [6.07, 6.45) is 1.35. The molecular weight excluding hydrogens is 496 g/mol. The standard InChI is InChI=1S/C28H36N8O3/c1-15-4-3-5-18(16(15)2)33-10-12-34(13-11-33)19(37)14-36-26-23-20-21(23)22(20)24(26)25(32-36)27(38)35-8-6-17(7-9-35)30-28(39)31-29/h3-5,17,20-23H,6-14,29H2,1-2H3,(H2,30,31,39)/t20-,21?,22?,23?/m0/s1. The fourth-order valence-corrected chi connectivity index (χ4v) is 7.32. The van der Waals surface area contributed by atoms with Crippen molar-refractivity contribution >= 4 is 23.5 Å². The number of urea groups is 1. The van der Waals surface area contributed by atoms with Gasteiger partial charge >= 0.3 is 6.03 Å². The monoisotopic (exact) mass is 532 g/mol. The number of aryl methyl sites for hydroxylation is 1. The van der Waals surface area contributed by atoms with Crippen LogP contribution in [0.15, 0.2) is 18.2 Å². The van der Waals surface area contributed by atoms with Crippen LogP contribution < -0.4 is 21.5 Å². The molecule has 3 heterocycles. The van der Waals surface area contributed by atoms with Crippen molar-refractivity contribution in [3.05, 3.63) is 46.3 Å². The summed E-state index contributed by atoms with van der Waals surface area (Å²) >= 11 is 0. The van der Waals surface area contributed by atoms with Gasteiger partial charge in [0.15, 0.2) is 5.69 Å². The first kappa shape index (κ1) is 24.4. The molecule has 3 unspecified atom stereocenters. The number of hydrazine groups is 1. The van der Waals surface area contributed by atoms with Gasteiger partial charge in [-0.1, -0.05) is 12.1 Å². The van der Waals surface area contributed by atoms with Gasteiger partial charge in [0.05, 0.1) is 0 Å². The van der Waals surface area contributed by atoms with Crippen LogP contribution in [0.4, 0.5) is 10.5 Å².